The Balaban J connectivity index is 1.89. The van der Waals surface area contributed by atoms with Crippen LogP contribution < -0.4 is 5.32 Å². The molecule has 0 radical (unpaired) electrons. The van der Waals surface area contributed by atoms with Crippen LogP contribution in [0, 0.1) is 5.92 Å². The molecular weight excluding hydrogens is 282 g/mol. The van der Waals surface area contributed by atoms with Crippen LogP contribution in [-0.4, -0.2) is 39.3 Å². The van der Waals surface area contributed by atoms with E-state index in [1.807, 2.05) is 38.1 Å². The Hall–Kier alpha value is -2.28. The third-order valence-corrected chi connectivity index (χ3v) is 3.71. The molecule has 1 atom stereocenters. The van der Waals surface area contributed by atoms with E-state index < -0.39 is 0 Å². The van der Waals surface area contributed by atoms with Gasteiger partial charge in [-0.2, -0.15) is 0 Å². The molecular formula is C15H19N5O2. The quantitative estimate of drug-likeness (QED) is 0.932. The van der Waals surface area contributed by atoms with Gasteiger partial charge < -0.3 is 10.1 Å². The van der Waals surface area contributed by atoms with Crippen molar-refractivity contribution >= 4 is 11.6 Å². The molecule has 1 fully saturated rings. The summed E-state index contributed by atoms with van der Waals surface area (Å²) in [7, 11) is 0. The Bertz CT molecular complexity index is 661. The average molecular weight is 301 g/mol. The number of nitrogens with one attached hydrogen (secondary N) is 1. The first kappa shape index (κ1) is 14.6. The van der Waals surface area contributed by atoms with E-state index in [4.69, 9.17) is 4.74 Å². The fourth-order valence-corrected chi connectivity index (χ4v) is 2.48. The number of hydrogen-bond acceptors (Lipinski definition) is 5. The minimum Gasteiger partial charge on any atom is -0.381 e. The molecule has 0 saturated carbocycles. The lowest BCUT2D eigenvalue weighted by atomic mass is 10.1. The fraction of sp³-hybridized carbons (Fsp3) is 0.467. The number of amides is 1. The SMILES string of the molecule is CC(C)n1nnnc1-c1ccccc1NC(=O)[C@@H]1CCOC1. The van der Waals surface area contributed by atoms with Crippen molar-refractivity contribution in [2.24, 2.45) is 5.92 Å². The second-order valence-electron chi connectivity index (χ2n) is 5.64. The monoisotopic (exact) mass is 301 g/mol. The number of anilines is 1. The van der Waals surface area contributed by atoms with E-state index in [-0.39, 0.29) is 17.9 Å². The normalized spacial score (nSPS) is 17.9. The van der Waals surface area contributed by atoms with Gasteiger partial charge in [0.2, 0.25) is 5.91 Å². The average Bonchev–Trinajstić information content (AvgIpc) is 3.19. The van der Waals surface area contributed by atoms with Crippen LogP contribution in [0.25, 0.3) is 11.4 Å². The van der Waals surface area contributed by atoms with Crippen molar-refractivity contribution in [3.05, 3.63) is 24.3 Å². The van der Waals surface area contributed by atoms with Crippen molar-refractivity contribution in [3.63, 3.8) is 0 Å². The second kappa shape index (κ2) is 6.23. The van der Waals surface area contributed by atoms with Crippen molar-refractivity contribution < 1.29 is 9.53 Å². The van der Waals surface area contributed by atoms with Gasteiger partial charge in [-0.25, -0.2) is 4.68 Å². The van der Waals surface area contributed by atoms with Crippen LogP contribution in [0.2, 0.25) is 0 Å². The summed E-state index contributed by atoms with van der Waals surface area (Å²) in [6, 6.07) is 7.70. The molecule has 1 saturated heterocycles. The van der Waals surface area contributed by atoms with Crippen LogP contribution in [0.15, 0.2) is 24.3 Å². The molecule has 7 heteroatoms. The lowest BCUT2D eigenvalue weighted by molar-refractivity contribution is -0.119. The van der Waals surface area contributed by atoms with Gasteiger partial charge in [0, 0.05) is 12.2 Å². The number of tetrazole rings is 1. The molecule has 0 aliphatic carbocycles. The molecule has 0 spiro atoms. The molecule has 1 aliphatic heterocycles. The summed E-state index contributed by atoms with van der Waals surface area (Å²) in [6.45, 7) is 5.15. The van der Waals surface area contributed by atoms with Gasteiger partial charge in [0.05, 0.1) is 24.3 Å². The minimum absolute atomic E-state index is 0.0199. The van der Waals surface area contributed by atoms with E-state index in [0.29, 0.717) is 19.0 Å². The highest BCUT2D eigenvalue weighted by atomic mass is 16.5. The number of carbonyl (C=O) groups excluding carboxylic acids is 1. The summed E-state index contributed by atoms with van der Waals surface area (Å²) in [6.07, 6.45) is 0.762. The van der Waals surface area contributed by atoms with Crippen LogP contribution >= 0.6 is 0 Å². The molecule has 7 nitrogen and oxygen atoms in total. The molecule has 22 heavy (non-hydrogen) atoms. The minimum atomic E-state index is -0.0888. The number of hydrogen-bond donors (Lipinski definition) is 1. The van der Waals surface area contributed by atoms with Gasteiger partial charge >= 0.3 is 0 Å². The number of benzene rings is 1. The molecule has 2 aromatic rings. The zero-order valence-corrected chi connectivity index (χ0v) is 12.7. The van der Waals surface area contributed by atoms with Crippen molar-refractivity contribution in [3.8, 4) is 11.4 Å². The van der Waals surface area contributed by atoms with Gasteiger partial charge in [-0.15, -0.1) is 5.10 Å². The number of carbonyl (C=O) groups is 1. The Morgan fingerprint density at radius 1 is 1.41 bits per heavy atom. The molecule has 1 amide bonds. The predicted octanol–water partition coefficient (Wildman–Crippen LogP) is 1.90. The number of ether oxygens (including phenoxy) is 1. The van der Waals surface area contributed by atoms with Crippen molar-refractivity contribution in [1.29, 1.82) is 0 Å². The first-order valence-corrected chi connectivity index (χ1v) is 7.42. The third kappa shape index (κ3) is 2.85. The van der Waals surface area contributed by atoms with Crippen LogP contribution in [0.1, 0.15) is 26.3 Å². The second-order valence-corrected chi connectivity index (χ2v) is 5.64. The van der Waals surface area contributed by atoms with Crippen LogP contribution in [-0.2, 0) is 9.53 Å². The van der Waals surface area contributed by atoms with E-state index in [0.717, 1.165) is 17.7 Å². The molecule has 2 heterocycles. The predicted molar refractivity (Wildman–Crippen MR) is 81.2 cm³/mol. The molecule has 1 aromatic heterocycles. The summed E-state index contributed by atoms with van der Waals surface area (Å²) >= 11 is 0. The number of rotatable bonds is 4. The summed E-state index contributed by atoms with van der Waals surface area (Å²) < 4.78 is 7.01. The number of aromatic nitrogens is 4. The van der Waals surface area contributed by atoms with E-state index in [1.165, 1.54) is 0 Å². The third-order valence-electron chi connectivity index (χ3n) is 3.71. The standard InChI is InChI=1S/C15H19N5O2/c1-10(2)20-14(17-18-19-20)12-5-3-4-6-13(12)16-15(21)11-7-8-22-9-11/h3-6,10-11H,7-9H2,1-2H3,(H,16,21)/t11-/m1/s1. The Kier molecular flexibility index (Phi) is 4.15. The number of nitrogens with zero attached hydrogens (tertiary/aromatic N) is 4. The summed E-state index contributed by atoms with van der Waals surface area (Å²) in [5.41, 5.74) is 1.53. The van der Waals surface area contributed by atoms with Crippen molar-refractivity contribution in [2.75, 3.05) is 18.5 Å². The Labute approximate surface area is 128 Å². The van der Waals surface area contributed by atoms with Crippen LogP contribution in [0.4, 0.5) is 5.69 Å². The number of para-hydroxylation sites is 1. The summed E-state index contributed by atoms with van der Waals surface area (Å²) in [5, 5.41) is 14.8. The van der Waals surface area contributed by atoms with E-state index in [9.17, 15) is 4.79 Å². The Morgan fingerprint density at radius 3 is 2.95 bits per heavy atom. The zero-order valence-electron chi connectivity index (χ0n) is 12.7. The van der Waals surface area contributed by atoms with Crippen molar-refractivity contribution in [1.82, 2.24) is 20.2 Å². The molecule has 0 bridgehead atoms. The molecule has 1 N–H and O–H groups in total. The van der Waals surface area contributed by atoms with E-state index >= 15 is 0 Å². The van der Waals surface area contributed by atoms with Crippen LogP contribution in [0.5, 0.6) is 0 Å². The molecule has 3 rings (SSSR count). The van der Waals surface area contributed by atoms with Gasteiger partial charge in [-0.1, -0.05) is 12.1 Å². The van der Waals surface area contributed by atoms with Gasteiger partial charge in [0.15, 0.2) is 5.82 Å². The summed E-state index contributed by atoms with van der Waals surface area (Å²) in [4.78, 5) is 12.3. The first-order chi connectivity index (χ1) is 10.7. The van der Waals surface area contributed by atoms with Gasteiger partial charge in [-0.3, -0.25) is 4.79 Å². The molecule has 1 aromatic carbocycles. The molecule has 1 aliphatic rings. The van der Waals surface area contributed by atoms with Gasteiger partial charge in [-0.05, 0) is 42.8 Å². The fourth-order valence-electron chi connectivity index (χ4n) is 2.48. The highest BCUT2D eigenvalue weighted by Gasteiger charge is 2.24. The van der Waals surface area contributed by atoms with Crippen LogP contribution in [0.3, 0.4) is 0 Å². The van der Waals surface area contributed by atoms with Gasteiger partial charge in [0.25, 0.3) is 0 Å². The topological polar surface area (TPSA) is 81.9 Å². The maximum Gasteiger partial charge on any atom is 0.229 e. The highest BCUT2D eigenvalue weighted by molar-refractivity contribution is 5.96. The maximum atomic E-state index is 12.3. The molecule has 0 unspecified atom stereocenters. The van der Waals surface area contributed by atoms with Crippen molar-refractivity contribution in [2.45, 2.75) is 26.3 Å². The molecule has 116 valence electrons. The first-order valence-electron chi connectivity index (χ1n) is 7.42. The Morgan fingerprint density at radius 2 is 2.23 bits per heavy atom. The zero-order chi connectivity index (χ0) is 15.5. The van der Waals surface area contributed by atoms with Gasteiger partial charge in [0.1, 0.15) is 0 Å². The summed E-state index contributed by atoms with van der Waals surface area (Å²) in [5.74, 6) is 0.538. The lowest BCUT2D eigenvalue weighted by Gasteiger charge is -2.14. The smallest absolute Gasteiger partial charge is 0.229 e. The lowest BCUT2D eigenvalue weighted by Crippen LogP contribution is -2.23. The van der Waals surface area contributed by atoms with E-state index in [1.54, 1.807) is 4.68 Å². The highest BCUT2D eigenvalue weighted by Crippen LogP contribution is 2.28. The largest absolute Gasteiger partial charge is 0.381 e. The van der Waals surface area contributed by atoms with E-state index in [2.05, 4.69) is 20.8 Å². The maximum absolute atomic E-state index is 12.3.